The maximum Gasteiger partial charge on any atom is 0.287 e. The molecular weight excluding hydrogens is 262 g/mol. The van der Waals surface area contributed by atoms with Crippen molar-refractivity contribution >= 4 is 17.3 Å². The first kappa shape index (κ1) is 13.6. The maximum absolute atomic E-state index is 11.9. The van der Waals surface area contributed by atoms with Gasteiger partial charge in [0.05, 0.1) is 11.9 Å². The molecule has 0 fully saturated rings. The molecule has 0 spiro atoms. The molecule has 0 bridgehead atoms. The monoisotopic (exact) mass is 277 g/mol. The van der Waals surface area contributed by atoms with Crippen LogP contribution in [0.15, 0.2) is 41.3 Å². The molecule has 0 saturated heterocycles. The average molecular weight is 278 g/mol. The Balaban J connectivity index is 2.25. The molecule has 0 radical (unpaired) electrons. The summed E-state index contributed by atoms with van der Waals surface area (Å²) in [6.45, 7) is 4.37. The van der Waals surface area contributed by atoms with Gasteiger partial charge in [0.2, 0.25) is 0 Å². The van der Waals surface area contributed by atoms with Crippen LogP contribution >= 0.6 is 11.6 Å². The second-order valence-electron chi connectivity index (χ2n) is 4.27. The molecule has 100 valence electrons. The lowest BCUT2D eigenvalue weighted by Crippen LogP contribution is -2.23. The van der Waals surface area contributed by atoms with E-state index in [9.17, 15) is 4.79 Å². The number of hydrogen-bond acceptors (Lipinski definition) is 3. The number of nitrogens with zero attached hydrogens (tertiary/aromatic N) is 2. The van der Waals surface area contributed by atoms with Gasteiger partial charge in [0.1, 0.15) is 5.02 Å². The lowest BCUT2D eigenvalue weighted by Gasteiger charge is -2.16. The average Bonchev–Trinajstić information content (AvgIpc) is 2.45. The molecule has 4 nitrogen and oxygen atoms in total. The SMILES string of the molecule is CCn1ncc(NC(C)c2ccccc2)c(Cl)c1=O. The molecule has 1 aromatic carbocycles. The summed E-state index contributed by atoms with van der Waals surface area (Å²) < 4.78 is 1.33. The van der Waals surface area contributed by atoms with E-state index >= 15 is 0 Å². The van der Waals surface area contributed by atoms with Gasteiger partial charge >= 0.3 is 0 Å². The van der Waals surface area contributed by atoms with Crippen molar-refractivity contribution < 1.29 is 0 Å². The van der Waals surface area contributed by atoms with Crippen LogP contribution in [0, 0.1) is 0 Å². The summed E-state index contributed by atoms with van der Waals surface area (Å²) in [4.78, 5) is 11.9. The molecule has 1 aromatic heterocycles. The third-order valence-corrected chi connectivity index (χ3v) is 3.32. The number of benzene rings is 1. The van der Waals surface area contributed by atoms with E-state index in [1.165, 1.54) is 4.68 Å². The van der Waals surface area contributed by atoms with Gasteiger partial charge in [-0.25, -0.2) is 4.68 Å². The Kier molecular flexibility index (Phi) is 4.22. The van der Waals surface area contributed by atoms with Gasteiger partial charge in [0, 0.05) is 12.6 Å². The lowest BCUT2D eigenvalue weighted by atomic mass is 10.1. The molecule has 1 unspecified atom stereocenters. The summed E-state index contributed by atoms with van der Waals surface area (Å²) >= 11 is 6.07. The van der Waals surface area contributed by atoms with Crippen LogP contribution in [0.5, 0.6) is 0 Å². The summed E-state index contributed by atoms with van der Waals surface area (Å²) in [7, 11) is 0. The predicted octanol–water partition coefficient (Wildman–Crippen LogP) is 3.09. The van der Waals surface area contributed by atoms with Gasteiger partial charge in [0.15, 0.2) is 0 Å². The lowest BCUT2D eigenvalue weighted by molar-refractivity contribution is 0.615. The van der Waals surface area contributed by atoms with Gasteiger partial charge in [0.25, 0.3) is 5.56 Å². The Morgan fingerprint density at radius 1 is 1.37 bits per heavy atom. The largest absolute Gasteiger partial charge is 0.376 e. The minimum atomic E-state index is -0.269. The predicted molar refractivity (Wildman–Crippen MR) is 77.7 cm³/mol. The minimum absolute atomic E-state index is 0.0531. The standard InChI is InChI=1S/C14H16ClN3O/c1-3-18-14(19)13(15)12(9-16-18)17-10(2)11-7-5-4-6-8-11/h4-10,17H,3H2,1-2H3. The van der Waals surface area contributed by atoms with Crippen molar-refractivity contribution in [1.29, 1.82) is 0 Å². The molecule has 0 aliphatic rings. The van der Waals surface area contributed by atoms with Gasteiger partial charge in [-0.15, -0.1) is 0 Å². The quantitative estimate of drug-likeness (QED) is 0.934. The number of nitrogens with one attached hydrogen (secondary N) is 1. The van der Waals surface area contributed by atoms with Crippen LogP contribution in [-0.2, 0) is 6.54 Å². The van der Waals surface area contributed by atoms with E-state index in [0.29, 0.717) is 12.2 Å². The molecule has 2 rings (SSSR count). The Labute approximate surface area is 117 Å². The highest BCUT2D eigenvalue weighted by Gasteiger charge is 2.11. The molecule has 0 saturated carbocycles. The summed E-state index contributed by atoms with van der Waals surface area (Å²) in [6, 6.07) is 10.0. The first-order chi connectivity index (χ1) is 9.13. The highest BCUT2D eigenvalue weighted by atomic mass is 35.5. The molecule has 0 aliphatic carbocycles. The molecule has 5 heteroatoms. The molecule has 0 aliphatic heterocycles. The summed E-state index contributed by atoms with van der Waals surface area (Å²) in [5, 5.41) is 7.45. The number of aryl methyl sites for hydroxylation is 1. The summed E-state index contributed by atoms with van der Waals surface area (Å²) in [5.41, 5.74) is 1.42. The fraction of sp³-hybridized carbons (Fsp3) is 0.286. The van der Waals surface area contributed by atoms with Gasteiger partial charge in [-0.1, -0.05) is 41.9 Å². The van der Waals surface area contributed by atoms with Crippen LogP contribution in [0.3, 0.4) is 0 Å². The second-order valence-corrected chi connectivity index (χ2v) is 4.65. The van der Waals surface area contributed by atoms with Crippen molar-refractivity contribution in [2.75, 3.05) is 5.32 Å². The van der Waals surface area contributed by atoms with Crippen LogP contribution in [0.1, 0.15) is 25.5 Å². The fourth-order valence-electron chi connectivity index (χ4n) is 1.85. The third-order valence-electron chi connectivity index (χ3n) is 2.96. The number of halogens is 1. The third kappa shape index (κ3) is 2.96. The van der Waals surface area contributed by atoms with E-state index in [1.807, 2.05) is 44.2 Å². The van der Waals surface area contributed by atoms with Crippen molar-refractivity contribution in [3.63, 3.8) is 0 Å². The molecular formula is C14H16ClN3O. The first-order valence-electron chi connectivity index (χ1n) is 6.20. The summed E-state index contributed by atoms with van der Waals surface area (Å²) in [5.74, 6) is 0. The van der Waals surface area contributed by atoms with Gasteiger partial charge < -0.3 is 5.32 Å². The van der Waals surface area contributed by atoms with Crippen LogP contribution in [-0.4, -0.2) is 9.78 Å². The van der Waals surface area contributed by atoms with E-state index in [2.05, 4.69) is 10.4 Å². The van der Waals surface area contributed by atoms with E-state index in [0.717, 1.165) is 5.56 Å². The van der Waals surface area contributed by atoms with E-state index in [1.54, 1.807) is 6.20 Å². The van der Waals surface area contributed by atoms with Crippen molar-refractivity contribution in [3.05, 3.63) is 57.5 Å². The maximum atomic E-state index is 11.9. The normalized spacial score (nSPS) is 12.2. The van der Waals surface area contributed by atoms with Crippen LogP contribution < -0.4 is 10.9 Å². The molecule has 1 atom stereocenters. The van der Waals surface area contributed by atoms with Crippen molar-refractivity contribution in [2.24, 2.45) is 0 Å². The number of aromatic nitrogens is 2. The molecule has 1 heterocycles. The van der Waals surface area contributed by atoms with Gasteiger partial charge in [-0.2, -0.15) is 5.10 Å². The Morgan fingerprint density at radius 3 is 2.68 bits per heavy atom. The Morgan fingerprint density at radius 2 is 2.05 bits per heavy atom. The van der Waals surface area contributed by atoms with Crippen molar-refractivity contribution in [3.8, 4) is 0 Å². The zero-order chi connectivity index (χ0) is 13.8. The number of hydrogen-bond donors (Lipinski definition) is 1. The van der Waals surface area contributed by atoms with Gasteiger partial charge in [-0.05, 0) is 19.4 Å². The van der Waals surface area contributed by atoms with Crippen molar-refractivity contribution in [2.45, 2.75) is 26.4 Å². The molecule has 19 heavy (non-hydrogen) atoms. The first-order valence-corrected chi connectivity index (χ1v) is 6.58. The van der Waals surface area contributed by atoms with Crippen LogP contribution in [0.2, 0.25) is 5.02 Å². The zero-order valence-electron chi connectivity index (χ0n) is 10.9. The zero-order valence-corrected chi connectivity index (χ0v) is 11.7. The number of anilines is 1. The topological polar surface area (TPSA) is 46.9 Å². The van der Waals surface area contributed by atoms with Crippen molar-refractivity contribution in [1.82, 2.24) is 9.78 Å². The Hall–Kier alpha value is -1.81. The highest BCUT2D eigenvalue weighted by molar-refractivity contribution is 6.32. The molecule has 2 aromatic rings. The highest BCUT2D eigenvalue weighted by Crippen LogP contribution is 2.22. The minimum Gasteiger partial charge on any atom is -0.376 e. The van der Waals surface area contributed by atoms with Gasteiger partial charge in [-0.3, -0.25) is 4.79 Å². The summed E-state index contributed by atoms with van der Waals surface area (Å²) in [6.07, 6.45) is 1.59. The smallest absolute Gasteiger partial charge is 0.287 e. The van der Waals surface area contributed by atoms with E-state index in [-0.39, 0.29) is 16.6 Å². The molecule has 1 N–H and O–H groups in total. The van der Waals surface area contributed by atoms with Crippen LogP contribution in [0.4, 0.5) is 5.69 Å². The number of rotatable bonds is 4. The van der Waals surface area contributed by atoms with E-state index < -0.39 is 0 Å². The Bertz CT molecular complexity index is 610. The van der Waals surface area contributed by atoms with Crippen LogP contribution in [0.25, 0.3) is 0 Å². The fourth-order valence-corrected chi connectivity index (χ4v) is 2.05. The van der Waals surface area contributed by atoms with E-state index in [4.69, 9.17) is 11.6 Å². The second kappa shape index (κ2) is 5.89. The molecule has 0 amide bonds.